The van der Waals surface area contributed by atoms with Gasteiger partial charge in [-0.2, -0.15) is 0 Å². The number of carbonyl (C=O) groups is 2. The van der Waals surface area contributed by atoms with Crippen LogP contribution in [0.3, 0.4) is 0 Å². The molecular formula is C18H22N2O4S. The van der Waals surface area contributed by atoms with E-state index in [1.165, 1.54) is 11.3 Å². The second kappa shape index (κ2) is 6.63. The molecule has 134 valence electrons. The van der Waals surface area contributed by atoms with E-state index in [0.717, 1.165) is 10.8 Å². The summed E-state index contributed by atoms with van der Waals surface area (Å²) in [6.45, 7) is 6.43. The number of nitrogens with zero attached hydrogens (tertiary/aromatic N) is 2. The lowest BCUT2D eigenvalue weighted by Gasteiger charge is -2.28. The number of carboxylic acids is 1. The number of furan rings is 1. The van der Waals surface area contributed by atoms with Crippen LogP contribution in [0.1, 0.15) is 31.7 Å². The Kier molecular flexibility index (Phi) is 4.69. The molecule has 25 heavy (non-hydrogen) atoms. The molecule has 1 saturated heterocycles. The van der Waals surface area contributed by atoms with Crippen molar-refractivity contribution in [2.45, 2.75) is 33.6 Å². The minimum atomic E-state index is -0.839. The van der Waals surface area contributed by atoms with Crippen LogP contribution in [0.25, 0.3) is 10.8 Å². The predicted molar refractivity (Wildman–Crippen MR) is 94.4 cm³/mol. The zero-order valence-corrected chi connectivity index (χ0v) is 15.4. The highest BCUT2D eigenvalue weighted by atomic mass is 32.1. The summed E-state index contributed by atoms with van der Waals surface area (Å²) < 4.78 is 5.55. The first kappa shape index (κ1) is 17.7. The van der Waals surface area contributed by atoms with Gasteiger partial charge in [0, 0.05) is 18.5 Å². The van der Waals surface area contributed by atoms with E-state index < -0.39 is 11.4 Å². The van der Waals surface area contributed by atoms with Gasteiger partial charge in [-0.05, 0) is 31.4 Å². The molecule has 0 aromatic carbocycles. The lowest BCUT2D eigenvalue weighted by Crippen LogP contribution is -2.41. The van der Waals surface area contributed by atoms with Crippen molar-refractivity contribution < 1.29 is 19.1 Å². The van der Waals surface area contributed by atoms with Gasteiger partial charge in [-0.1, -0.05) is 13.8 Å². The third-order valence-corrected chi connectivity index (χ3v) is 5.93. The Balaban J connectivity index is 1.67. The molecule has 0 spiro atoms. The Morgan fingerprint density at radius 1 is 1.44 bits per heavy atom. The third kappa shape index (κ3) is 3.33. The summed E-state index contributed by atoms with van der Waals surface area (Å²) in [5, 5.41) is 12.2. The number of hydrogen-bond acceptors (Lipinski definition) is 5. The first-order valence-corrected chi connectivity index (χ1v) is 9.22. The van der Waals surface area contributed by atoms with Crippen LogP contribution in [0.4, 0.5) is 0 Å². The van der Waals surface area contributed by atoms with Gasteiger partial charge in [-0.25, -0.2) is 4.98 Å². The van der Waals surface area contributed by atoms with Crippen LogP contribution in [0.5, 0.6) is 0 Å². The van der Waals surface area contributed by atoms with Crippen LogP contribution in [0, 0.1) is 18.3 Å². The number of aryl methyl sites for hydroxylation is 1. The van der Waals surface area contributed by atoms with Crippen molar-refractivity contribution in [3.05, 3.63) is 29.0 Å². The summed E-state index contributed by atoms with van der Waals surface area (Å²) in [4.78, 5) is 30.4. The fraction of sp³-hybridized carbons (Fsp3) is 0.500. The number of aliphatic carboxylic acids is 1. The zero-order chi connectivity index (χ0) is 18.2. The van der Waals surface area contributed by atoms with Crippen LogP contribution < -0.4 is 0 Å². The molecule has 0 aliphatic carbocycles. The number of carbonyl (C=O) groups excluding carboxylic acids is 1. The molecule has 1 unspecified atom stereocenters. The van der Waals surface area contributed by atoms with Gasteiger partial charge >= 0.3 is 5.97 Å². The lowest BCUT2D eigenvalue weighted by atomic mass is 9.76. The van der Waals surface area contributed by atoms with Crippen LogP contribution in [0.2, 0.25) is 0 Å². The van der Waals surface area contributed by atoms with Gasteiger partial charge in [0.2, 0.25) is 5.91 Å². The van der Waals surface area contributed by atoms with Crippen molar-refractivity contribution in [1.29, 1.82) is 0 Å². The predicted octanol–water partition coefficient (Wildman–Crippen LogP) is 3.21. The van der Waals surface area contributed by atoms with E-state index in [1.54, 1.807) is 4.90 Å². The van der Waals surface area contributed by atoms with Gasteiger partial charge in [-0.3, -0.25) is 9.59 Å². The van der Waals surface area contributed by atoms with Gasteiger partial charge in [-0.15, -0.1) is 11.3 Å². The normalized spacial score (nSPS) is 20.4. The highest BCUT2D eigenvalue weighted by Crippen LogP contribution is 2.38. The number of rotatable bonds is 5. The number of likely N-dealkylation sites (tertiary alicyclic amines) is 1. The molecular weight excluding hydrogens is 340 g/mol. The fourth-order valence-corrected chi connectivity index (χ4v) is 4.04. The van der Waals surface area contributed by atoms with E-state index >= 15 is 0 Å². The van der Waals surface area contributed by atoms with Crippen molar-refractivity contribution in [3.8, 4) is 10.8 Å². The van der Waals surface area contributed by atoms with Gasteiger partial charge in [0.05, 0.1) is 17.5 Å². The summed E-state index contributed by atoms with van der Waals surface area (Å²) in [6, 6.07) is 3.74. The fourth-order valence-electron chi connectivity index (χ4n) is 3.26. The van der Waals surface area contributed by atoms with E-state index in [4.69, 9.17) is 4.42 Å². The molecule has 3 rings (SSSR count). The Morgan fingerprint density at radius 3 is 2.76 bits per heavy atom. The highest BCUT2D eigenvalue weighted by molar-refractivity contribution is 7.13. The second-order valence-electron chi connectivity index (χ2n) is 6.91. The van der Waals surface area contributed by atoms with E-state index in [1.807, 2.05) is 38.3 Å². The van der Waals surface area contributed by atoms with E-state index in [-0.39, 0.29) is 24.8 Å². The van der Waals surface area contributed by atoms with Crippen molar-refractivity contribution >= 4 is 23.2 Å². The smallest absolute Gasteiger partial charge is 0.311 e. The Bertz CT molecular complexity index is 795. The molecule has 0 saturated carbocycles. The maximum absolute atomic E-state index is 12.6. The van der Waals surface area contributed by atoms with E-state index in [9.17, 15) is 14.7 Å². The van der Waals surface area contributed by atoms with E-state index in [0.29, 0.717) is 24.4 Å². The molecule has 0 bridgehead atoms. The summed E-state index contributed by atoms with van der Waals surface area (Å²) in [6.07, 6.45) is 0.684. The molecule has 1 N–H and O–H groups in total. The molecule has 6 nitrogen and oxygen atoms in total. The van der Waals surface area contributed by atoms with Crippen LogP contribution in [0.15, 0.2) is 21.9 Å². The largest absolute Gasteiger partial charge is 0.481 e. The Hall–Kier alpha value is -2.15. The van der Waals surface area contributed by atoms with Crippen molar-refractivity contribution in [2.75, 3.05) is 13.1 Å². The van der Waals surface area contributed by atoms with Crippen molar-refractivity contribution in [1.82, 2.24) is 9.88 Å². The summed E-state index contributed by atoms with van der Waals surface area (Å²) in [5.41, 5.74) is -0.148. The first-order valence-electron chi connectivity index (χ1n) is 8.34. The van der Waals surface area contributed by atoms with Crippen LogP contribution in [-0.2, 0) is 16.0 Å². The summed E-state index contributed by atoms with van der Waals surface area (Å²) in [5.74, 6) is 0.611. The molecule has 1 aliphatic heterocycles. The molecule has 1 aliphatic rings. The minimum Gasteiger partial charge on any atom is -0.481 e. The number of amides is 1. The molecule has 3 heterocycles. The van der Waals surface area contributed by atoms with Gasteiger partial charge in [0.25, 0.3) is 0 Å². The monoisotopic (exact) mass is 362 g/mol. The molecule has 7 heteroatoms. The van der Waals surface area contributed by atoms with Crippen LogP contribution >= 0.6 is 11.3 Å². The zero-order valence-electron chi connectivity index (χ0n) is 14.6. The summed E-state index contributed by atoms with van der Waals surface area (Å²) in [7, 11) is 0. The minimum absolute atomic E-state index is 0.0177. The van der Waals surface area contributed by atoms with Gasteiger partial charge in [0.15, 0.2) is 10.8 Å². The molecule has 2 aromatic rings. The second-order valence-corrected chi connectivity index (χ2v) is 7.77. The number of hydrogen-bond donors (Lipinski definition) is 1. The standard InChI is InChI=1S/C18H22N2O4S/c1-11(2)18(17(22)23)6-7-20(10-18)15(21)8-13-9-25-16(19-13)14-5-4-12(3)24-14/h4-5,9,11H,6-8,10H2,1-3H3,(H,22,23). The Morgan fingerprint density at radius 2 is 2.20 bits per heavy atom. The molecule has 1 atom stereocenters. The highest BCUT2D eigenvalue weighted by Gasteiger charge is 2.48. The molecule has 1 fully saturated rings. The van der Waals surface area contributed by atoms with Crippen molar-refractivity contribution in [2.24, 2.45) is 11.3 Å². The third-order valence-electron chi connectivity index (χ3n) is 5.02. The Labute approximate surface area is 150 Å². The molecule has 1 amide bonds. The quantitative estimate of drug-likeness (QED) is 0.883. The maximum atomic E-state index is 12.6. The lowest BCUT2D eigenvalue weighted by molar-refractivity contribution is -0.151. The average molecular weight is 362 g/mol. The average Bonchev–Trinajstić information content (AvgIpc) is 3.25. The molecule has 2 aromatic heterocycles. The molecule has 0 radical (unpaired) electrons. The number of carboxylic acid groups (broad SMARTS) is 1. The topological polar surface area (TPSA) is 83.6 Å². The van der Waals surface area contributed by atoms with Gasteiger partial charge < -0.3 is 14.4 Å². The first-order chi connectivity index (χ1) is 11.8. The van der Waals surface area contributed by atoms with E-state index in [2.05, 4.69) is 4.98 Å². The van der Waals surface area contributed by atoms with Gasteiger partial charge in [0.1, 0.15) is 5.76 Å². The number of aromatic nitrogens is 1. The number of thiazole rings is 1. The maximum Gasteiger partial charge on any atom is 0.311 e. The van der Waals surface area contributed by atoms with Crippen LogP contribution in [-0.4, -0.2) is 40.0 Å². The SMILES string of the molecule is Cc1ccc(-c2nc(CC(=O)N3CCC(C(=O)O)(C(C)C)C3)cs2)o1. The summed E-state index contributed by atoms with van der Waals surface area (Å²) >= 11 is 1.44. The van der Waals surface area contributed by atoms with Crippen molar-refractivity contribution in [3.63, 3.8) is 0 Å².